The molecule has 1 heterocycles. The van der Waals surface area contributed by atoms with Gasteiger partial charge in [-0.05, 0) is 37.1 Å². The van der Waals surface area contributed by atoms with Crippen molar-refractivity contribution in [1.82, 2.24) is 15.3 Å². The van der Waals surface area contributed by atoms with Gasteiger partial charge in [0.1, 0.15) is 11.6 Å². The molecule has 0 unspecified atom stereocenters. The van der Waals surface area contributed by atoms with E-state index in [4.69, 9.17) is 4.74 Å². The maximum absolute atomic E-state index is 11.6. The Hall–Kier alpha value is -2.30. The lowest BCUT2D eigenvalue weighted by atomic mass is 10.1. The first-order valence-corrected chi connectivity index (χ1v) is 6.09. The molecule has 100 valence electrons. The highest BCUT2D eigenvalue weighted by molar-refractivity contribution is 5.77. The number of rotatable bonds is 5. The SMILES string of the molecule is Cc1cc(C)cc(OCC(=O)NCc2ncc[nH]2)c1. The summed E-state index contributed by atoms with van der Waals surface area (Å²) in [6.45, 7) is 4.37. The van der Waals surface area contributed by atoms with Gasteiger partial charge in [-0.15, -0.1) is 0 Å². The smallest absolute Gasteiger partial charge is 0.258 e. The number of carbonyl (C=O) groups is 1. The number of benzene rings is 1. The number of aromatic amines is 1. The van der Waals surface area contributed by atoms with E-state index in [1.807, 2.05) is 26.0 Å². The van der Waals surface area contributed by atoms with E-state index in [0.29, 0.717) is 12.3 Å². The van der Waals surface area contributed by atoms with E-state index in [1.54, 1.807) is 12.4 Å². The first-order valence-electron chi connectivity index (χ1n) is 6.09. The van der Waals surface area contributed by atoms with Gasteiger partial charge in [-0.2, -0.15) is 0 Å². The van der Waals surface area contributed by atoms with Crippen molar-refractivity contribution >= 4 is 5.91 Å². The highest BCUT2D eigenvalue weighted by Crippen LogP contribution is 2.15. The topological polar surface area (TPSA) is 67.0 Å². The van der Waals surface area contributed by atoms with Crippen molar-refractivity contribution in [1.29, 1.82) is 0 Å². The Bertz CT molecular complexity index is 530. The molecule has 5 nitrogen and oxygen atoms in total. The molecule has 0 atom stereocenters. The van der Waals surface area contributed by atoms with Crippen LogP contribution in [-0.4, -0.2) is 22.5 Å². The molecule has 19 heavy (non-hydrogen) atoms. The Morgan fingerprint density at radius 3 is 2.68 bits per heavy atom. The molecule has 0 radical (unpaired) electrons. The molecule has 0 fully saturated rings. The zero-order valence-corrected chi connectivity index (χ0v) is 11.1. The molecule has 0 bridgehead atoms. The minimum atomic E-state index is -0.171. The average molecular weight is 259 g/mol. The van der Waals surface area contributed by atoms with Crippen molar-refractivity contribution in [2.24, 2.45) is 0 Å². The minimum absolute atomic E-state index is 0.00357. The largest absolute Gasteiger partial charge is 0.484 e. The van der Waals surface area contributed by atoms with Crippen molar-refractivity contribution in [3.63, 3.8) is 0 Å². The lowest BCUT2D eigenvalue weighted by Crippen LogP contribution is -2.28. The fraction of sp³-hybridized carbons (Fsp3) is 0.286. The monoisotopic (exact) mass is 259 g/mol. The Kier molecular flexibility index (Phi) is 4.18. The minimum Gasteiger partial charge on any atom is -0.484 e. The first kappa shape index (κ1) is 13.1. The highest BCUT2D eigenvalue weighted by atomic mass is 16.5. The summed E-state index contributed by atoms with van der Waals surface area (Å²) < 4.78 is 5.46. The number of hydrogen-bond donors (Lipinski definition) is 2. The summed E-state index contributed by atoms with van der Waals surface area (Å²) in [6.07, 6.45) is 3.36. The lowest BCUT2D eigenvalue weighted by molar-refractivity contribution is -0.123. The zero-order chi connectivity index (χ0) is 13.7. The Morgan fingerprint density at radius 2 is 2.05 bits per heavy atom. The summed E-state index contributed by atoms with van der Waals surface area (Å²) in [7, 11) is 0. The molecule has 5 heteroatoms. The van der Waals surface area contributed by atoms with Crippen molar-refractivity contribution < 1.29 is 9.53 Å². The number of amides is 1. The molecule has 0 aliphatic heterocycles. The van der Waals surface area contributed by atoms with Gasteiger partial charge in [0.25, 0.3) is 5.91 Å². The van der Waals surface area contributed by atoms with E-state index in [2.05, 4.69) is 21.4 Å². The highest BCUT2D eigenvalue weighted by Gasteiger charge is 2.04. The number of nitrogens with one attached hydrogen (secondary N) is 2. The van der Waals surface area contributed by atoms with E-state index in [1.165, 1.54) is 0 Å². The van der Waals surface area contributed by atoms with E-state index in [9.17, 15) is 4.79 Å². The summed E-state index contributed by atoms with van der Waals surface area (Å²) in [6, 6.07) is 5.88. The van der Waals surface area contributed by atoms with Crippen LogP contribution >= 0.6 is 0 Å². The molecule has 1 aromatic heterocycles. The maximum Gasteiger partial charge on any atom is 0.258 e. The van der Waals surface area contributed by atoms with Crippen LogP contribution in [-0.2, 0) is 11.3 Å². The van der Waals surface area contributed by atoms with Crippen molar-refractivity contribution in [3.05, 3.63) is 47.5 Å². The third-order valence-electron chi connectivity index (χ3n) is 2.57. The van der Waals surface area contributed by atoms with Gasteiger partial charge in [-0.1, -0.05) is 6.07 Å². The lowest BCUT2D eigenvalue weighted by Gasteiger charge is -2.08. The van der Waals surface area contributed by atoms with Gasteiger partial charge in [0.2, 0.25) is 0 Å². The molecule has 0 aliphatic carbocycles. The maximum atomic E-state index is 11.6. The van der Waals surface area contributed by atoms with E-state index in [-0.39, 0.29) is 12.5 Å². The molecule has 1 amide bonds. The summed E-state index contributed by atoms with van der Waals surface area (Å²) in [5.74, 6) is 1.26. The molecule has 2 rings (SSSR count). The van der Waals surface area contributed by atoms with Crippen LogP contribution < -0.4 is 10.1 Å². The Morgan fingerprint density at radius 1 is 1.32 bits per heavy atom. The average Bonchev–Trinajstić information content (AvgIpc) is 2.86. The third kappa shape index (κ3) is 4.13. The van der Waals surface area contributed by atoms with Crippen molar-refractivity contribution in [2.45, 2.75) is 20.4 Å². The summed E-state index contributed by atoms with van der Waals surface area (Å²) in [5, 5.41) is 2.73. The van der Waals surface area contributed by atoms with Crippen molar-refractivity contribution in [2.75, 3.05) is 6.61 Å². The number of hydrogen-bond acceptors (Lipinski definition) is 3. The first-order chi connectivity index (χ1) is 9.13. The van der Waals surface area contributed by atoms with E-state index < -0.39 is 0 Å². The number of carbonyl (C=O) groups excluding carboxylic acids is 1. The summed E-state index contributed by atoms with van der Waals surface area (Å²) in [5.41, 5.74) is 2.23. The molecule has 0 saturated carbocycles. The van der Waals surface area contributed by atoms with Gasteiger partial charge >= 0.3 is 0 Å². The fourth-order valence-electron chi connectivity index (χ4n) is 1.79. The van der Waals surface area contributed by atoms with Gasteiger partial charge in [0.05, 0.1) is 6.54 Å². The molecule has 2 aromatic rings. The number of imidazole rings is 1. The van der Waals surface area contributed by atoms with Crippen LogP contribution in [0.2, 0.25) is 0 Å². The van der Waals surface area contributed by atoms with E-state index >= 15 is 0 Å². The Labute approximate surface area is 112 Å². The molecular weight excluding hydrogens is 242 g/mol. The fourth-order valence-corrected chi connectivity index (χ4v) is 1.79. The molecule has 2 N–H and O–H groups in total. The van der Waals surface area contributed by atoms with Gasteiger partial charge in [-0.3, -0.25) is 4.79 Å². The van der Waals surface area contributed by atoms with Crippen LogP contribution in [0.4, 0.5) is 0 Å². The van der Waals surface area contributed by atoms with Gasteiger partial charge < -0.3 is 15.0 Å². The third-order valence-corrected chi connectivity index (χ3v) is 2.57. The second-order valence-electron chi connectivity index (χ2n) is 4.42. The zero-order valence-electron chi connectivity index (χ0n) is 11.1. The molecule has 0 aliphatic rings. The molecule has 0 saturated heterocycles. The number of aromatic nitrogens is 2. The van der Waals surface area contributed by atoms with Crippen LogP contribution in [0.5, 0.6) is 5.75 Å². The number of H-pyrrole nitrogens is 1. The van der Waals surface area contributed by atoms with Gasteiger partial charge in [0.15, 0.2) is 6.61 Å². The van der Waals surface area contributed by atoms with Crippen LogP contribution in [0.1, 0.15) is 17.0 Å². The van der Waals surface area contributed by atoms with Crippen LogP contribution in [0.15, 0.2) is 30.6 Å². The predicted molar refractivity (Wildman–Crippen MR) is 71.8 cm³/mol. The number of ether oxygens (including phenoxy) is 1. The Balaban J connectivity index is 1.79. The second-order valence-corrected chi connectivity index (χ2v) is 4.42. The van der Waals surface area contributed by atoms with Crippen LogP contribution in [0.3, 0.4) is 0 Å². The second kappa shape index (κ2) is 6.04. The van der Waals surface area contributed by atoms with Crippen molar-refractivity contribution in [3.8, 4) is 5.75 Å². The standard InChI is InChI=1S/C14H17N3O2/c1-10-5-11(2)7-12(6-10)19-9-14(18)17-8-13-15-3-4-16-13/h3-7H,8-9H2,1-2H3,(H,15,16)(H,17,18). The molecule has 1 aromatic carbocycles. The number of aryl methyl sites for hydroxylation is 2. The molecular formula is C14H17N3O2. The van der Waals surface area contributed by atoms with Gasteiger partial charge in [0, 0.05) is 12.4 Å². The molecule has 0 spiro atoms. The summed E-state index contributed by atoms with van der Waals surface area (Å²) in [4.78, 5) is 18.5. The van der Waals surface area contributed by atoms with Crippen LogP contribution in [0.25, 0.3) is 0 Å². The van der Waals surface area contributed by atoms with Gasteiger partial charge in [-0.25, -0.2) is 4.98 Å². The van der Waals surface area contributed by atoms with E-state index in [0.717, 1.165) is 17.0 Å². The quantitative estimate of drug-likeness (QED) is 0.859. The predicted octanol–water partition coefficient (Wildman–Crippen LogP) is 1.72. The number of nitrogens with zero attached hydrogens (tertiary/aromatic N) is 1. The van der Waals surface area contributed by atoms with Crippen LogP contribution in [0, 0.1) is 13.8 Å². The summed E-state index contributed by atoms with van der Waals surface area (Å²) >= 11 is 0. The normalized spacial score (nSPS) is 10.2.